The lowest BCUT2D eigenvalue weighted by Crippen LogP contribution is -2.08. The van der Waals surface area contributed by atoms with Gasteiger partial charge in [-0.2, -0.15) is 5.10 Å². The van der Waals surface area contributed by atoms with Crippen molar-refractivity contribution in [3.63, 3.8) is 0 Å². The van der Waals surface area contributed by atoms with Crippen LogP contribution >= 0.6 is 0 Å². The molecule has 3 aromatic heterocycles. The Hall–Kier alpha value is -4.71. The molecule has 0 bridgehead atoms. The highest BCUT2D eigenvalue weighted by atomic mass is 19.1. The SMILES string of the molecule is CCOc1cc(F)c(Cn2nc(-c3ncc(OCCCO)c(Nc4cc(C)nc(C)n4)n3)c3ccccc32)c(F)c1. The van der Waals surface area contributed by atoms with Gasteiger partial charge in [-0.05, 0) is 26.8 Å². The molecule has 0 atom stereocenters. The second kappa shape index (κ2) is 12.2. The topological polar surface area (TPSA) is 120 Å². The number of fused-ring (bicyclic) bond motifs is 1. The molecule has 0 fully saturated rings. The number of hydrogen-bond donors (Lipinski definition) is 2. The third-order valence-corrected chi connectivity index (χ3v) is 6.13. The summed E-state index contributed by atoms with van der Waals surface area (Å²) < 4.78 is 42.4. The summed E-state index contributed by atoms with van der Waals surface area (Å²) in [7, 11) is 0. The van der Waals surface area contributed by atoms with Gasteiger partial charge in [0.2, 0.25) is 0 Å². The molecule has 0 saturated heterocycles. The number of halogens is 2. The lowest BCUT2D eigenvalue weighted by atomic mass is 10.1. The van der Waals surface area contributed by atoms with E-state index >= 15 is 0 Å². The van der Waals surface area contributed by atoms with Gasteiger partial charge in [-0.15, -0.1) is 0 Å². The number of benzene rings is 2. The van der Waals surface area contributed by atoms with Gasteiger partial charge in [0.25, 0.3) is 0 Å². The van der Waals surface area contributed by atoms with E-state index in [1.54, 1.807) is 19.9 Å². The minimum atomic E-state index is -0.725. The molecule has 10 nitrogen and oxygen atoms in total. The van der Waals surface area contributed by atoms with Crippen molar-refractivity contribution in [2.75, 3.05) is 25.1 Å². The number of ether oxygens (including phenoxy) is 2. The number of nitrogens with zero attached hydrogens (tertiary/aromatic N) is 6. The van der Waals surface area contributed by atoms with Crippen LogP contribution in [-0.4, -0.2) is 54.6 Å². The zero-order valence-corrected chi connectivity index (χ0v) is 22.9. The van der Waals surface area contributed by atoms with E-state index in [2.05, 4.69) is 25.4 Å². The monoisotopic (exact) mass is 561 g/mol. The number of para-hydroxylation sites is 1. The molecule has 41 heavy (non-hydrogen) atoms. The average molecular weight is 562 g/mol. The summed E-state index contributed by atoms with van der Waals surface area (Å²) in [6, 6.07) is 11.4. The van der Waals surface area contributed by atoms with Crippen molar-refractivity contribution < 1.29 is 23.4 Å². The zero-order valence-electron chi connectivity index (χ0n) is 22.9. The largest absolute Gasteiger partial charge is 0.494 e. The molecule has 0 unspecified atom stereocenters. The lowest BCUT2D eigenvalue weighted by molar-refractivity contribution is 0.233. The highest BCUT2D eigenvalue weighted by Crippen LogP contribution is 2.32. The third kappa shape index (κ3) is 6.22. The number of nitrogens with one attached hydrogen (secondary N) is 1. The lowest BCUT2D eigenvalue weighted by Gasteiger charge is -2.13. The van der Waals surface area contributed by atoms with E-state index in [-0.39, 0.29) is 36.9 Å². The predicted molar refractivity (Wildman–Crippen MR) is 149 cm³/mol. The molecule has 0 amide bonds. The molecule has 2 aromatic carbocycles. The van der Waals surface area contributed by atoms with E-state index in [9.17, 15) is 13.9 Å². The van der Waals surface area contributed by atoms with Gasteiger partial charge in [0, 0.05) is 47.9 Å². The first-order valence-electron chi connectivity index (χ1n) is 13.1. The molecule has 0 aliphatic heterocycles. The summed E-state index contributed by atoms with van der Waals surface area (Å²) in [5, 5.41) is 17.7. The van der Waals surface area contributed by atoms with E-state index in [1.807, 2.05) is 31.2 Å². The average Bonchev–Trinajstić information content (AvgIpc) is 3.30. The van der Waals surface area contributed by atoms with Gasteiger partial charge in [0.1, 0.15) is 34.7 Å². The normalized spacial score (nSPS) is 11.2. The number of aliphatic hydroxyl groups is 1. The van der Waals surface area contributed by atoms with Crippen LogP contribution in [0.5, 0.6) is 11.5 Å². The van der Waals surface area contributed by atoms with Gasteiger partial charge in [-0.1, -0.05) is 18.2 Å². The fraction of sp³-hybridized carbons (Fsp3) is 0.276. The molecule has 0 radical (unpaired) electrons. The third-order valence-electron chi connectivity index (χ3n) is 6.13. The number of aliphatic hydroxyl groups excluding tert-OH is 1. The van der Waals surface area contributed by atoms with Crippen molar-refractivity contribution in [2.24, 2.45) is 0 Å². The molecular weight excluding hydrogens is 532 g/mol. The van der Waals surface area contributed by atoms with Crippen molar-refractivity contribution in [3.05, 3.63) is 77.4 Å². The van der Waals surface area contributed by atoms with E-state index in [0.29, 0.717) is 52.8 Å². The summed E-state index contributed by atoms with van der Waals surface area (Å²) in [5.41, 5.74) is 1.71. The Morgan fingerprint density at radius 3 is 2.51 bits per heavy atom. The van der Waals surface area contributed by atoms with Crippen molar-refractivity contribution in [1.82, 2.24) is 29.7 Å². The van der Waals surface area contributed by atoms with Gasteiger partial charge in [0.05, 0.1) is 31.5 Å². The maximum absolute atomic E-state index is 14.9. The van der Waals surface area contributed by atoms with E-state index in [0.717, 1.165) is 5.69 Å². The first-order valence-corrected chi connectivity index (χ1v) is 13.1. The minimum Gasteiger partial charge on any atom is -0.494 e. The number of anilines is 2. The molecule has 0 aliphatic rings. The molecule has 2 N–H and O–H groups in total. The maximum Gasteiger partial charge on any atom is 0.183 e. The summed E-state index contributed by atoms with van der Waals surface area (Å²) in [6.45, 7) is 5.77. The van der Waals surface area contributed by atoms with Crippen molar-refractivity contribution in [1.29, 1.82) is 0 Å². The summed E-state index contributed by atoms with van der Waals surface area (Å²) >= 11 is 0. The maximum atomic E-state index is 14.9. The Morgan fingerprint density at radius 1 is 1.00 bits per heavy atom. The Labute approximate surface area is 235 Å². The smallest absolute Gasteiger partial charge is 0.183 e. The predicted octanol–water partition coefficient (Wildman–Crippen LogP) is 5.13. The van der Waals surface area contributed by atoms with Gasteiger partial charge >= 0.3 is 0 Å². The number of aromatic nitrogens is 6. The van der Waals surface area contributed by atoms with Crippen LogP contribution in [0, 0.1) is 25.5 Å². The van der Waals surface area contributed by atoms with Crippen molar-refractivity contribution in [3.8, 4) is 23.0 Å². The standard InChI is InChI=1S/C29H29F2N7O3/c1-4-40-19-13-22(30)21(23(31)14-19)16-38-24-9-6-5-8-20(24)27(37-38)29-32-15-25(41-11-7-10-39)28(36-29)35-26-12-17(2)33-18(3)34-26/h5-6,8-9,12-15,39H,4,7,10-11,16H2,1-3H3,(H,32,33,34,35,36). The number of aryl methyl sites for hydroxylation is 2. The summed E-state index contributed by atoms with van der Waals surface area (Å²) in [4.78, 5) is 17.9. The second-order valence-electron chi connectivity index (χ2n) is 9.22. The van der Waals surface area contributed by atoms with Crippen molar-refractivity contribution >= 4 is 22.5 Å². The number of hydrogen-bond acceptors (Lipinski definition) is 9. The van der Waals surface area contributed by atoms with Crippen LogP contribution in [0.4, 0.5) is 20.4 Å². The highest BCUT2D eigenvalue weighted by molar-refractivity contribution is 5.92. The molecule has 3 heterocycles. The van der Waals surface area contributed by atoms with Crippen LogP contribution in [0.25, 0.3) is 22.4 Å². The summed E-state index contributed by atoms with van der Waals surface area (Å²) in [5.74, 6) is 0.750. The number of rotatable bonds is 11. The minimum absolute atomic E-state index is 0.0228. The first kappa shape index (κ1) is 27.8. The van der Waals surface area contributed by atoms with Gasteiger partial charge in [-0.25, -0.2) is 28.7 Å². The van der Waals surface area contributed by atoms with E-state index < -0.39 is 11.6 Å². The molecule has 0 saturated carbocycles. The van der Waals surface area contributed by atoms with Crippen LogP contribution in [0.3, 0.4) is 0 Å². The highest BCUT2D eigenvalue weighted by Gasteiger charge is 2.20. The van der Waals surface area contributed by atoms with Crippen LogP contribution in [0.2, 0.25) is 0 Å². The van der Waals surface area contributed by atoms with Crippen LogP contribution in [-0.2, 0) is 6.54 Å². The quantitative estimate of drug-likeness (QED) is 0.212. The van der Waals surface area contributed by atoms with Crippen LogP contribution < -0.4 is 14.8 Å². The van der Waals surface area contributed by atoms with Gasteiger partial charge in [-0.3, -0.25) is 4.68 Å². The molecule has 0 aliphatic carbocycles. The molecule has 5 rings (SSSR count). The molecular formula is C29H29F2N7O3. The fourth-order valence-electron chi connectivity index (χ4n) is 4.37. The molecule has 5 aromatic rings. The van der Waals surface area contributed by atoms with E-state index in [4.69, 9.17) is 14.5 Å². The van der Waals surface area contributed by atoms with Crippen LogP contribution in [0.1, 0.15) is 30.4 Å². The Kier molecular flexibility index (Phi) is 8.29. The first-order chi connectivity index (χ1) is 19.9. The van der Waals surface area contributed by atoms with Crippen molar-refractivity contribution in [2.45, 2.75) is 33.7 Å². The Morgan fingerprint density at radius 2 is 1.78 bits per heavy atom. The van der Waals surface area contributed by atoms with Gasteiger partial charge < -0.3 is 19.9 Å². The second-order valence-corrected chi connectivity index (χ2v) is 9.22. The summed E-state index contributed by atoms with van der Waals surface area (Å²) in [6.07, 6.45) is 1.95. The van der Waals surface area contributed by atoms with Crippen LogP contribution in [0.15, 0.2) is 48.7 Å². The molecule has 0 spiro atoms. The van der Waals surface area contributed by atoms with Gasteiger partial charge in [0.15, 0.2) is 17.4 Å². The zero-order chi connectivity index (χ0) is 28.9. The van der Waals surface area contributed by atoms with E-state index in [1.165, 1.54) is 23.0 Å². The molecule has 212 valence electrons. The Bertz CT molecular complexity index is 1650. The Balaban J connectivity index is 1.56. The fourth-order valence-corrected chi connectivity index (χ4v) is 4.37. The molecule has 12 heteroatoms.